The second kappa shape index (κ2) is 12.2. The fourth-order valence-electron chi connectivity index (χ4n) is 2.55. The molecule has 0 bridgehead atoms. The summed E-state index contributed by atoms with van der Waals surface area (Å²) in [6, 6.07) is 10.7. The lowest BCUT2D eigenvalue weighted by Gasteiger charge is -2.28. The number of benzene rings is 1. The van der Waals surface area contributed by atoms with Gasteiger partial charge in [-0.2, -0.15) is 0 Å². The fourth-order valence-corrected chi connectivity index (χ4v) is 2.55. The summed E-state index contributed by atoms with van der Waals surface area (Å²) in [5.41, 5.74) is 1.06. The van der Waals surface area contributed by atoms with Gasteiger partial charge in [0.15, 0.2) is 5.96 Å². The minimum absolute atomic E-state index is 0. The summed E-state index contributed by atoms with van der Waals surface area (Å²) in [6.07, 6.45) is 0. The highest BCUT2D eigenvalue weighted by molar-refractivity contribution is 14.0. The van der Waals surface area contributed by atoms with Gasteiger partial charge in [0, 0.05) is 38.8 Å². The van der Waals surface area contributed by atoms with E-state index >= 15 is 0 Å². The van der Waals surface area contributed by atoms with Crippen molar-refractivity contribution in [2.75, 3.05) is 34.2 Å². The van der Waals surface area contributed by atoms with E-state index in [0.29, 0.717) is 12.0 Å². The molecule has 1 rings (SSSR count). The molecule has 1 amide bonds. The van der Waals surface area contributed by atoms with E-state index in [-0.39, 0.29) is 42.0 Å². The van der Waals surface area contributed by atoms with Gasteiger partial charge in [0.1, 0.15) is 0 Å². The Morgan fingerprint density at radius 2 is 1.78 bits per heavy atom. The molecule has 154 valence electrons. The number of aliphatic imine (C=N–C) groups is 1. The molecular formula is C20H36IN5O. The molecule has 0 aliphatic rings. The van der Waals surface area contributed by atoms with Crippen LogP contribution in [0.1, 0.15) is 33.3 Å². The average molecular weight is 489 g/mol. The molecule has 0 saturated heterocycles. The molecule has 1 unspecified atom stereocenters. The van der Waals surface area contributed by atoms with E-state index in [1.54, 1.807) is 7.05 Å². The number of hydrogen-bond acceptors (Lipinski definition) is 3. The van der Waals surface area contributed by atoms with Crippen molar-refractivity contribution >= 4 is 35.8 Å². The summed E-state index contributed by atoms with van der Waals surface area (Å²) in [4.78, 5) is 20.5. The van der Waals surface area contributed by atoms with E-state index in [0.717, 1.165) is 13.1 Å². The second-order valence-electron chi connectivity index (χ2n) is 7.83. The summed E-state index contributed by atoms with van der Waals surface area (Å²) >= 11 is 0. The molecule has 0 spiro atoms. The first-order chi connectivity index (χ1) is 12.1. The summed E-state index contributed by atoms with van der Waals surface area (Å²) in [7, 11) is 5.72. The van der Waals surface area contributed by atoms with Crippen LogP contribution in [0.2, 0.25) is 0 Å². The minimum Gasteiger partial charge on any atom is -0.355 e. The van der Waals surface area contributed by atoms with Crippen LogP contribution in [-0.2, 0) is 11.3 Å². The number of carbonyl (C=O) groups excluding carboxylic acids is 1. The van der Waals surface area contributed by atoms with Gasteiger partial charge in [-0.3, -0.25) is 14.7 Å². The quantitative estimate of drug-likeness (QED) is 0.351. The third-order valence-electron chi connectivity index (χ3n) is 4.05. The molecule has 6 nitrogen and oxygen atoms in total. The van der Waals surface area contributed by atoms with Crippen molar-refractivity contribution in [3.8, 4) is 0 Å². The maximum Gasteiger partial charge on any atom is 0.240 e. The van der Waals surface area contributed by atoms with Gasteiger partial charge in [-0.15, -0.1) is 24.0 Å². The number of halogens is 1. The van der Waals surface area contributed by atoms with Crippen LogP contribution in [0.15, 0.2) is 35.3 Å². The first-order valence-electron chi connectivity index (χ1n) is 9.09. The molecule has 0 radical (unpaired) electrons. The Hall–Kier alpha value is -1.35. The lowest BCUT2D eigenvalue weighted by molar-refractivity contribution is -0.122. The summed E-state index contributed by atoms with van der Waals surface area (Å²) in [5.74, 6) is 0.700. The zero-order valence-corrected chi connectivity index (χ0v) is 20.1. The van der Waals surface area contributed by atoms with E-state index in [1.807, 2.05) is 38.8 Å². The number of nitrogens with one attached hydrogen (secondary N) is 2. The molecule has 0 aliphatic carbocycles. The van der Waals surface area contributed by atoms with Crippen molar-refractivity contribution in [3.05, 3.63) is 35.9 Å². The Bertz CT molecular complexity index is 586. The van der Waals surface area contributed by atoms with Gasteiger partial charge in [0.2, 0.25) is 5.91 Å². The molecule has 0 fully saturated rings. The smallest absolute Gasteiger partial charge is 0.240 e. The van der Waals surface area contributed by atoms with E-state index in [1.165, 1.54) is 5.56 Å². The first-order valence-corrected chi connectivity index (χ1v) is 9.09. The standard InChI is InChI=1S/C20H35N5O.HI/c1-16(24(6)14-17-11-9-8-10-12-17)13-22-19(21-5)25(7)15-18(26)23-20(2,3)4;/h8-12,16H,13-15H2,1-7H3,(H,21,22)(H,23,26);1H. The monoisotopic (exact) mass is 489 g/mol. The number of likely N-dealkylation sites (N-methyl/N-ethyl adjacent to an activating group) is 2. The van der Waals surface area contributed by atoms with Crippen molar-refractivity contribution in [2.24, 2.45) is 4.99 Å². The Kier molecular flexibility index (Phi) is 11.6. The maximum absolute atomic E-state index is 12.1. The molecule has 1 aromatic carbocycles. The lowest BCUT2D eigenvalue weighted by Crippen LogP contribution is -2.50. The highest BCUT2D eigenvalue weighted by Crippen LogP contribution is 2.05. The zero-order chi connectivity index (χ0) is 19.7. The number of carbonyl (C=O) groups is 1. The SMILES string of the molecule is CN=C(NCC(C)N(C)Cc1ccccc1)N(C)CC(=O)NC(C)(C)C.I. The molecule has 1 aromatic rings. The number of nitrogens with zero attached hydrogens (tertiary/aromatic N) is 3. The topological polar surface area (TPSA) is 60.0 Å². The number of guanidine groups is 1. The summed E-state index contributed by atoms with van der Waals surface area (Å²) < 4.78 is 0. The van der Waals surface area contributed by atoms with Crippen LogP contribution in [0.3, 0.4) is 0 Å². The van der Waals surface area contributed by atoms with Crippen LogP contribution in [0.25, 0.3) is 0 Å². The average Bonchev–Trinajstić information content (AvgIpc) is 2.54. The maximum atomic E-state index is 12.1. The second-order valence-corrected chi connectivity index (χ2v) is 7.83. The van der Waals surface area contributed by atoms with Gasteiger partial charge in [-0.1, -0.05) is 30.3 Å². The normalized spacial score (nSPS) is 13.0. The number of rotatable bonds is 7. The molecular weight excluding hydrogens is 453 g/mol. The summed E-state index contributed by atoms with van der Waals surface area (Å²) in [6.45, 7) is 10.0. The zero-order valence-electron chi connectivity index (χ0n) is 17.7. The van der Waals surface area contributed by atoms with Gasteiger partial charge in [-0.05, 0) is 40.3 Å². The molecule has 0 saturated carbocycles. The van der Waals surface area contributed by atoms with Crippen molar-refractivity contribution in [3.63, 3.8) is 0 Å². The molecule has 0 aliphatic heterocycles. The van der Waals surface area contributed by atoms with E-state index in [2.05, 4.69) is 58.8 Å². The highest BCUT2D eigenvalue weighted by atomic mass is 127. The molecule has 27 heavy (non-hydrogen) atoms. The summed E-state index contributed by atoms with van der Waals surface area (Å²) in [5, 5.41) is 6.33. The van der Waals surface area contributed by atoms with Crippen LogP contribution >= 0.6 is 24.0 Å². The molecule has 0 aromatic heterocycles. The molecule has 1 atom stereocenters. The van der Waals surface area contributed by atoms with Gasteiger partial charge < -0.3 is 15.5 Å². The molecule has 7 heteroatoms. The highest BCUT2D eigenvalue weighted by Gasteiger charge is 2.17. The van der Waals surface area contributed by atoms with Gasteiger partial charge in [0.05, 0.1) is 6.54 Å². The third-order valence-corrected chi connectivity index (χ3v) is 4.05. The van der Waals surface area contributed by atoms with Gasteiger partial charge >= 0.3 is 0 Å². The Balaban J connectivity index is 0.00000676. The molecule has 0 heterocycles. The van der Waals surface area contributed by atoms with Crippen LogP contribution < -0.4 is 10.6 Å². The predicted octanol–water partition coefficient (Wildman–Crippen LogP) is 2.55. The van der Waals surface area contributed by atoms with Crippen molar-refractivity contribution in [1.82, 2.24) is 20.4 Å². The predicted molar refractivity (Wildman–Crippen MR) is 125 cm³/mol. The lowest BCUT2D eigenvalue weighted by atomic mass is 10.1. The Morgan fingerprint density at radius 1 is 1.19 bits per heavy atom. The number of amides is 1. The van der Waals surface area contributed by atoms with Crippen molar-refractivity contribution in [1.29, 1.82) is 0 Å². The van der Waals surface area contributed by atoms with Crippen LogP contribution in [-0.4, -0.2) is 67.5 Å². The van der Waals surface area contributed by atoms with Gasteiger partial charge in [-0.25, -0.2) is 0 Å². The Labute approximate surface area is 181 Å². The van der Waals surface area contributed by atoms with Crippen LogP contribution in [0.4, 0.5) is 0 Å². The van der Waals surface area contributed by atoms with Crippen LogP contribution in [0, 0.1) is 0 Å². The largest absolute Gasteiger partial charge is 0.355 e. The first kappa shape index (κ1) is 25.6. The Morgan fingerprint density at radius 3 is 2.30 bits per heavy atom. The third kappa shape index (κ3) is 10.5. The fraction of sp³-hybridized carbons (Fsp3) is 0.600. The van der Waals surface area contributed by atoms with Crippen LogP contribution in [0.5, 0.6) is 0 Å². The van der Waals surface area contributed by atoms with E-state index in [4.69, 9.17) is 0 Å². The van der Waals surface area contributed by atoms with E-state index < -0.39 is 0 Å². The van der Waals surface area contributed by atoms with Gasteiger partial charge in [0.25, 0.3) is 0 Å². The number of hydrogen-bond donors (Lipinski definition) is 2. The minimum atomic E-state index is -0.233. The van der Waals surface area contributed by atoms with Crippen molar-refractivity contribution in [2.45, 2.75) is 45.8 Å². The van der Waals surface area contributed by atoms with Crippen molar-refractivity contribution < 1.29 is 4.79 Å². The molecule has 2 N–H and O–H groups in total. The van der Waals surface area contributed by atoms with E-state index in [9.17, 15) is 4.79 Å².